The van der Waals surface area contributed by atoms with Crippen LogP contribution in [0, 0.1) is 19.8 Å². The Kier molecular flexibility index (Phi) is 6.14. The van der Waals surface area contributed by atoms with Crippen LogP contribution in [0.2, 0.25) is 0 Å². The topological polar surface area (TPSA) is 105 Å². The van der Waals surface area contributed by atoms with Crippen molar-refractivity contribution in [2.75, 3.05) is 11.9 Å². The van der Waals surface area contributed by atoms with Crippen LogP contribution in [0.25, 0.3) is 0 Å². The Morgan fingerprint density at radius 2 is 2.03 bits per heavy atom. The molecule has 1 spiro atoms. The molecule has 8 nitrogen and oxygen atoms in total. The molecule has 0 aromatic heterocycles. The van der Waals surface area contributed by atoms with Gasteiger partial charge in [0.25, 0.3) is 11.8 Å². The first-order valence-electron chi connectivity index (χ1n) is 10.4. The normalized spacial score (nSPS) is 24.5. The van der Waals surface area contributed by atoms with Gasteiger partial charge in [-0.2, -0.15) is 0 Å². The van der Waals surface area contributed by atoms with Crippen molar-refractivity contribution in [1.82, 2.24) is 10.2 Å². The van der Waals surface area contributed by atoms with Gasteiger partial charge in [0.05, 0.1) is 0 Å². The van der Waals surface area contributed by atoms with Crippen LogP contribution in [0.5, 0.6) is 0 Å². The zero-order valence-electron chi connectivity index (χ0n) is 17.9. The molecule has 4 amide bonds. The van der Waals surface area contributed by atoms with Gasteiger partial charge in [0.2, 0.25) is 0 Å². The van der Waals surface area contributed by atoms with Gasteiger partial charge in [0.15, 0.2) is 6.10 Å². The van der Waals surface area contributed by atoms with Crippen molar-refractivity contribution in [2.24, 2.45) is 5.92 Å². The minimum atomic E-state index is -1.07. The van der Waals surface area contributed by atoms with Crippen LogP contribution in [-0.2, 0) is 19.1 Å². The van der Waals surface area contributed by atoms with E-state index in [-0.39, 0.29) is 11.8 Å². The van der Waals surface area contributed by atoms with Crippen molar-refractivity contribution >= 4 is 29.5 Å². The molecule has 30 heavy (non-hydrogen) atoms. The van der Waals surface area contributed by atoms with Gasteiger partial charge in [-0.1, -0.05) is 31.9 Å². The van der Waals surface area contributed by atoms with E-state index < -0.39 is 36.1 Å². The number of nitrogens with one attached hydrogen (secondary N) is 2. The molecule has 1 aromatic carbocycles. The molecule has 1 saturated carbocycles. The van der Waals surface area contributed by atoms with Gasteiger partial charge < -0.3 is 15.4 Å². The van der Waals surface area contributed by atoms with E-state index in [1.54, 1.807) is 0 Å². The minimum Gasteiger partial charge on any atom is -0.451 e. The van der Waals surface area contributed by atoms with Gasteiger partial charge in [-0.25, -0.2) is 4.79 Å². The van der Waals surface area contributed by atoms with Crippen LogP contribution in [0.15, 0.2) is 18.2 Å². The molecule has 1 saturated heterocycles. The predicted molar refractivity (Wildman–Crippen MR) is 111 cm³/mol. The van der Waals surface area contributed by atoms with E-state index in [4.69, 9.17) is 4.74 Å². The molecule has 0 bridgehead atoms. The lowest BCUT2D eigenvalue weighted by molar-refractivity contribution is -0.155. The maximum Gasteiger partial charge on any atom is 0.327 e. The number of ether oxygens (including phenoxy) is 1. The van der Waals surface area contributed by atoms with Gasteiger partial charge >= 0.3 is 12.0 Å². The molecular weight excluding hydrogens is 386 g/mol. The van der Waals surface area contributed by atoms with Gasteiger partial charge in [-0.3, -0.25) is 19.3 Å². The maximum absolute atomic E-state index is 12.9. The number of anilines is 1. The third kappa shape index (κ3) is 4.17. The highest BCUT2D eigenvalue weighted by Gasteiger charge is 2.55. The number of amides is 4. The van der Waals surface area contributed by atoms with Gasteiger partial charge in [0, 0.05) is 5.69 Å². The van der Waals surface area contributed by atoms with Crippen molar-refractivity contribution in [1.29, 1.82) is 0 Å². The number of hydrogen-bond acceptors (Lipinski definition) is 5. The van der Waals surface area contributed by atoms with Crippen molar-refractivity contribution in [3.05, 3.63) is 29.3 Å². The van der Waals surface area contributed by atoms with E-state index in [0.717, 1.165) is 35.3 Å². The van der Waals surface area contributed by atoms with Crippen LogP contribution in [0.1, 0.15) is 50.7 Å². The highest BCUT2D eigenvalue weighted by Crippen LogP contribution is 2.38. The molecule has 2 aliphatic rings. The Balaban J connectivity index is 1.59. The third-order valence-corrected chi connectivity index (χ3v) is 6.12. The Morgan fingerprint density at radius 3 is 2.73 bits per heavy atom. The van der Waals surface area contributed by atoms with E-state index in [1.165, 1.54) is 6.92 Å². The van der Waals surface area contributed by atoms with Crippen molar-refractivity contribution in [3.63, 3.8) is 0 Å². The number of nitrogens with zero attached hydrogens (tertiary/aromatic N) is 1. The van der Waals surface area contributed by atoms with Crippen LogP contribution in [0.3, 0.4) is 0 Å². The molecule has 0 radical (unpaired) electrons. The summed E-state index contributed by atoms with van der Waals surface area (Å²) in [5.74, 6) is -1.66. The zero-order valence-corrected chi connectivity index (χ0v) is 17.9. The molecule has 8 heteroatoms. The number of carbonyl (C=O) groups is 4. The summed E-state index contributed by atoms with van der Waals surface area (Å²) >= 11 is 0. The minimum absolute atomic E-state index is 0.00555. The number of hydrogen-bond donors (Lipinski definition) is 2. The average molecular weight is 415 g/mol. The summed E-state index contributed by atoms with van der Waals surface area (Å²) in [6, 6.07) is 5.08. The highest BCUT2D eigenvalue weighted by atomic mass is 16.5. The van der Waals surface area contributed by atoms with Crippen LogP contribution < -0.4 is 10.6 Å². The first kappa shape index (κ1) is 21.8. The standard InChI is InChI=1S/C22H29N3O5/c1-13-8-9-14(2)17(11-13)23-19(27)16(4)30-18(26)12-25-20(28)22(24-21(25)29)10-6-5-7-15(22)3/h8-9,11,15-16H,5-7,10,12H2,1-4H3,(H,23,27)(H,24,29)/t15-,16+,22-/m0/s1. The fourth-order valence-electron chi connectivity index (χ4n) is 4.16. The Bertz CT molecular complexity index is 884. The quantitative estimate of drug-likeness (QED) is 0.568. The van der Waals surface area contributed by atoms with E-state index in [9.17, 15) is 19.2 Å². The SMILES string of the molecule is Cc1ccc(C)c(NC(=O)[C@@H](C)OC(=O)CN2C(=O)N[C@]3(CCCC[C@@H]3C)C2=O)c1. The van der Waals surface area contributed by atoms with E-state index in [0.29, 0.717) is 12.1 Å². The number of benzene rings is 1. The molecule has 1 heterocycles. The lowest BCUT2D eigenvalue weighted by Gasteiger charge is -2.36. The number of urea groups is 1. The van der Waals surface area contributed by atoms with Gasteiger partial charge in [0.1, 0.15) is 12.1 Å². The van der Waals surface area contributed by atoms with Crippen molar-refractivity contribution < 1.29 is 23.9 Å². The third-order valence-electron chi connectivity index (χ3n) is 6.12. The highest BCUT2D eigenvalue weighted by molar-refractivity contribution is 6.09. The Hall–Kier alpha value is -2.90. The number of imide groups is 1. The van der Waals surface area contributed by atoms with Gasteiger partial charge in [-0.05, 0) is 56.7 Å². The van der Waals surface area contributed by atoms with Crippen LogP contribution in [0.4, 0.5) is 10.5 Å². The lowest BCUT2D eigenvalue weighted by Crippen LogP contribution is -2.54. The monoisotopic (exact) mass is 415 g/mol. The summed E-state index contributed by atoms with van der Waals surface area (Å²) in [7, 11) is 0. The predicted octanol–water partition coefficient (Wildman–Crippen LogP) is 2.67. The van der Waals surface area contributed by atoms with Crippen molar-refractivity contribution in [3.8, 4) is 0 Å². The van der Waals surface area contributed by atoms with E-state index in [2.05, 4.69) is 10.6 Å². The second kappa shape index (κ2) is 8.45. The summed E-state index contributed by atoms with van der Waals surface area (Å²) in [5.41, 5.74) is 1.59. The zero-order chi connectivity index (χ0) is 22.1. The van der Waals surface area contributed by atoms with E-state index >= 15 is 0 Å². The number of aryl methyl sites for hydroxylation is 2. The molecule has 2 N–H and O–H groups in total. The molecule has 0 unspecified atom stereocenters. The van der Waals surface area contributed by atoms with Crippen LogP contribution >= 0.6 is 0 Å². The summed E-state index contributed by atoms with van der Waals surface area (Å²) in [4.78, 5) is 51.0. The first-order chi connectivity index (χ1) is 14.1. The Morgan fingerprint density at radius 1 is 1.30 bits per heavy atom. The summed E-state index contributed by atoms with van der Waals surface area (Å²) in [6.45, 7) is 6.66. The van der Waals surface area contributed by atoms with E-state index in [1.807, 2.05) is 39.0 Å². The second-order valence-corrected chi connectivity index (χ2v) is 8.38. The van der Waals surface area contributed by atoms with Gasteiger partial charge in [-0.15, -0.1) is 0 Å². The maximum atomic E-state index is 12.9. The largest absolute Gasteiger partial charge is 0.451 e. The fraction of sp³-hybridized carbons (Fsp3) is 0.545. The molecule has 1 aromatic rings. The fourth-order valence-corrected chi connectivity index (χ4v) is 4.16. The second-order valence-electron chi connectivity index (χ2n) is 8.38. The molecule has 162 valence electrons. The Labute approximate surface area is 176 Å². The molecule has 2 fully saturated rings. The lowest BCUT2D eigenvalue weighted by atomic mass is 9.73. The molecule has 1 aliphatic carbocycles. The molecule has 1 aliphatic heterocycles. The average Bonchev–Trinajstić information content (AvgIpc) is 2.92. The number of rotatable bonds is 5. The number of esters is 1. The van der Waals surface area contributed by atoms with Crippen LogP contribution in [-0.4, -0.2) is 46.9 Å². The molecular formula is C22H29N3O5. The first-order valence-corrected chi connectivity index (χ1v) is 10.4. The summed E-state index contributed by atoms with van der Waals surface area (Å²) < 4.78 is 5.19. The summed E-state index contributed by atoms with van der Waals surface area (Å²) in [5, 5.41) is 5.54. The summed E-state index contributed by atoms with van der Waals surface area (Å²) in [6.07, 6.45) is 2.21. The molecule has 3 rings (SSSR count). The van der Waals surface area contributed by atoms with Crippen molar-refractivity contribution in [2.45, 2.75) is 65.0 Å². The smallest absolute Gasteiger partial charge is 0.327 e. The molecule has 3 atom stereocenters. The number of carbonyl (C=O) groups excluding carboxylic acids is 4.